The molecule has 0 amide bonds. The van der Waals surface area contributed by atoms with Crippen LogP contribution >= 0.6 is 35.0 Å². The molecule has 2 aliphatic rings. The maximum Gasteiger partial charge on any atom is 0.335 e. The lowest BCUT2D eigenvalue weighted by molar-refractivity contribution is -0.387. The molecule has 9 heteroatoms. The number of alkyl halides is 1. The third-order valence-electron chi connectivity index (χ3n) is 6.63. The summed E-state index contributed by atoms with van der Waals surface area (Å²) in [6.07, 6.45) is 0.715. The highest BCUT2D eigenvalue weighted by atomic mass is 35.5. The van der Waals surface area contributed by atoms with E-state index in [1.165, 1.54) is 17.8 Å². The maximum absolute atomic E-state index is 11.7. The first-order valence-electron chi connectivity index (χ1n) is 10.8. The van der Waals surface area contributed by atoms with E-state index in [1.54, 1.807) is 36.4 Å². The summed E-state index contributed by atoms with van der Waals surface area (Å²) >= 11 is 14.6. The molecule has 0 spiro atoms. The first-order valence-corrected chi connectivity index (χ1v) is 12.5. The van der Waals surface area contributed by atoms with Crippen LogP contribution in [0.4, 0.5) is 11.4 Å². The van der Waals surface area contributed by atoms with Gasteiger partial charge in [-0.25, -0.2) is 4.79 Å². The Morgan fingerprint density at radius 3 is 2.56 bits per heavy atom. The van der Waals surface area contributed by atoms with Gasteiger partial charge in [-0.1, -0.05) is 35.9 Å². The number of halogens is 2. The van der Waals surface area contributed by atoms with E-state index in [0.29, 0.717) is 16.3 Å². The van der Waals surface area contributed by atoms with Gasteiger partial charge in [0.2, 0.25) is 0 Å². The fourth-order valence-electron chi connectivity index (χ4n) is 5.12. The van der Waals surface area contributed by atoms with Crippen molar-refractivity contribution >= 4 is 52.3 Å². The number of anilines is 1. The zero-order chi connectivity index (χ0) is 24.0. The van der Waals surface area contributed by atoms with Crippen LogP contribution < -0.4 is 5.32 Å². The van der Waals surface area contributed by atoms with Crippen LogP contribution in [0.3, 0.4) is 0 Å². The number of nitrogens with zero attached hydrogens (tertiary/aromatic N) is 1. The topological polar surface area (TPSA) is 92.5 Å². The van der Waals surface area contributed by atoms with Crippen molar-refractivity contribution in [3.8, 4) is 0 Å². The van der Waals surface area contributed by atoms with Crippen LogP contribution in [0.5, 0.6) is 0 Å². The van der Waals surface area contributed by atoms with Gasteiger partial charge in [0.05, 0.1) is 26.8 Å². The second-order valence-electron chi connectivity index (χ2n) is 8.53. The molecule has 2 N–H and O–H groups in total. The van der Waals surface area contributed by atoms with E-state index in [1.807, 2.05) is 24.3 Å². The van der Waals surface area contributed by atoms with Gasteiger partial charge in [0.15, 0.2) is 0 Å². The van der Waals surface area contributed by atoms with E-state index >= 15 is 0 Å². The standard InChI is InChI=1S/C25H20Cl2N2O4S/c26-15-8-5-13(6-9-15)24-17-12-21(34-20-4-2-1-3-19(20)29(32)33)23(27)22(17)16-11-14(25(30)31)7-10-18(16)28-24/h1-11,17,21-24,28H,12H2,(H,30,31)/t17-,21-,22-,23-,24+/m0/s1. The van der Waals surface area contributed by atoms with Gasteiger partial charge < -0.3 is 10.4 Å². The molecule has 1 aliphatic heterocycles. The second-order valence-corrected chi connectivity index (χ2v) is 10.8. The smallest absolute Gasteiger partial charge is 0.335 e. The summed E-state index contributed by atoms with van der Waals surface area (Å²) in [6.45, 7) is 0. The number of carboxylic acids is 1. The van der Waals surface area contributed by atoms with Gasteiger partial charge in [-0.3, -0.25) is 10.1 Å². The molecule has 1 saturated carbocycles. The molecule has 3 aromatic rings. The van der Waals surface area contributed by atoms with Crippen LogP contribution in [0.15, 0.2) is 71.6 Å². The monoisotopic (exact) mass is 514 g/mol. The molecular formula is C25H20Cl2N2O4S. The average molecular weight is 515 g/mol. The van der Waals surface area contributed by atoms with Crippen LogP contribution in [0.25, 0.3) is 0 Å². The number of nitro benzene ring substituents is 1. The minimum absolute atomic E-state index is 0.0527. The Balaban J connectivity index is 1.55. The second kappa shape index (κ2) is 9.13. The number of aromatic carboxylic acids is 1. The van der Waals surface area contributed by atoms with Gasteiger partial charge >= 0.3 is 5.97 Å². The molecular weight excluding hydrogens is 495 g/mol. The van der Waals surface area contributed by atoms with E-state index in [0.717, 1.165) is 16.8 Å². The van der Waals surface area contributed by atoms with Crippen molar-refractivity contribution in [1.29, 1.82) is 0 Å². The molecule has 0 saturated heterocycles. The van der Waals surface area contributed by atoms with Crippen molar-refractivity contribution in [3.05, 3.63) is 98.6 Å². The zero-order valence-electron chi connectivity index (χ0n) is 17.7. The minimum Gasteiger partial charge on any atom is -0.478 e. The van der Waals surface area contributed by atoms with Crippen molar-refractivity contribution in [2.45, 2.75) is 33.9 Å². The predicted molar refractivity (Wildman–Crippen MR) is 134 cm³/mol. The van der Waals surface area contributed by atoms with Crippen molar-refractivity contribution in [2.24, 2.45) is 5.92 Å². The van der Waals surface area contributed by atoms with E-state index < -0.39 is 5.97 Å². The molecule has 5 rings (SSSR count). The van der Waals surface area contributed by atoms with Crippen LogP contribution in [-0.2, 0) is 0 Å². The van der Waals surface area contributed by atoms with E-state index in [9.17, 15) is 20.0 Å². The average Bonchev–Trinajstić information content (AvgIpc) is 3.15. The SMILES string of the molecule is O=C(O)c1ccc2c(c1)[C@@H]1[C@@H](Cl)[C@@H](Sc3ccccc3[N+](=O)[O-])C[C@@H]1[C@@H](c1ccc(Cl)cc1)N2. The Morgan fingerprint density at radius 1 is 1.12 bits per heavy atom. The molecule has 1 heterocycles. The minimum atomic E-state index is -0.992. The molecule has 174 valence electrons. The van der Waals surface area contributed by atoms with Crippen LogP contribution in [0.1, 0.15) is 39.9 Å². The van der Waals surface area contributed by atoms with Gasteiger partial charge in [0, 0.05) is 27.9 Å². The van der Waals surface area contributed by atoms with E-state index in [2.05, 4.69) is 5.32 Å². The number of carbonyl (C=O) groups is 1. The van der Waals surface area contributed by atoms with Gasteiger partial charge in [-0.15, -0.1) is 23.4 Å². The normalized spacial score (nSPS) is 25.2. The summed E-state index contributed by atoms with van der Waals surface area (Å²) in [5, 5.41) is 24.9. The Labute approximate surface area is 210 Å². The summed E-state index contributed by atoms with van der Waals surface area (Å²) < 4.78 is 0. The molecule has 0 aromatic heterocycles. The highest BCUT2D eigenvalue weighted by molar-refractivity contribution is 8.00. The van der Waals surface area contributed by atoms with Gasteiger partial charge in [0.1, 0.15) is 0 Å². The quantitative estimate of drug-likeness (QED) is 0.216. The predicted octanol–water partition coefficient (Wildman–Crippen LogP) is 6.99. The Morgan fingerprint density at radius 2 is 1.85 bits per heavy atom. The number of thioether (sulfide) groups is 1. The fraction of sp³-hybridized carbons (Fsp3) is 0.240. The summed E-state index contributed by atoms with van der Waals surface area (Å²) in [4.78, 5) is 23.4. The fourth-order valence-corrected chi connectivity index (χ4v) is 7.19. The molecule has 6 nitrogen and oxygen atoms in total. The van der Waals surface area contributed by atoms with Crippen molar-refractivity contribution in [3.63, 3.8) is 0 Å². The molecule has 0 unspecified atom stereocenters. The maximum atomic E-state index is 11.7. The summed E-state index contributed by atoms with van der Waals surface area (Å²) in [5.41, 5.74) is 3.07. The number of nitro groups is 1. The number of rotatable bonds is 5. The summed E-state index contributed by atoms with van der Waals surface area (Å²) in [5.74, 6) is -1.03. The Hall–Kier alpha value is -2.74. The third kappa shape index (κ3) is 4.13. The highest BCUT2D eigenvalue weighted by Crippen LogP contribution is 2.58. The first-order chi connectivity index (χ1) is 16.3. The van der Waals surface area contributed by atoms with Crippen LogP contribution in [0.2, 0.25) is 5.02 Å². The number of hydrogen-bond donors (Lipinski definition) is 2. The third-order valence-corrected chi connectivity index (χ3v) is 8.99. The number of para-hydroxylation sites is 1. The first kappa shape index (κ1) is 23.0. The number of fused-ring (bicyclic) bond motifs is 3. The van der Waals surface area contributed by atoms with Crippen molar-refractivity contribution in [1.82, 2.24) is 0 Å². The zero-order valence-corrected chi connectivity index (χ0v) is 20.1. The Kier molecular flexibility index (Phi) is 6.18. The number of carboxylic acid groups (broad SMARTS) is 1. The lowest BCUT2D eigenvalue weighted by atomic mass is 9.77. The molecule has 1 aliphatic carbocycles. The van der Waals surface area contributed by atoms with Gasteiger partial charge in [-0.05, 0) is 59.9 Å². The van der Waals surface area contributed by atoms with Crippen LogP contribution in [-0.4, -0.2) is 26.6 Å². The van der Waals surface area contributed by atoms with E-state index in [-0.39, 0.29) is 44.7 Å². The van der Waals surface area contributed by atoms with Gasteiger partial charge in [0.25, 0.3) is 5.69 Å². The largest absolute Gasteiger partial charge is 0.478 e. The molecule has 34 heavy (non-hydrogen) atoms. The van der Waals surface area contributed by atoms with E-state index in [4.69, 9.17) is 23.2 Å². The molecule has 3 aromatic carbocycles. The van der Waals surface area contributed by atoms with Crippen molar-refractivity contribution in [2.75, 3.05) is 5.32 Å². The molecule has 1 fully saturated rings. The highest BCUT2D eigenvalue weighted by Gasteiger charge is 2.50. The molecule has 5 atom stereocenters. The number of hydrogen-bond acceptors (Lipinski definition) is 5. The Bertz CT molecular complexity index is 1270. The van der Waals surface area contributed by atoms with Gasteiger partial charge in [-0.2, -0.15) is 0 Å². The van der Waals surface area contributed by atoms with Crippen molar-refractivity contribution < 1.29 is 14.8 Å². The molecule has 0 radical (unpaired) electrons. The van der Waals surface area contributed by atoms with Crippen LogP contribution in [0, 0.1) is 16.0 Å². The number of nitrogens with one attached hydrogen (secondary N) is 1. The summed E-state index contributed by atoms with van der Waals surface area (Å²) in [6, 6.07) is 19.4. The number of benzene rings is 3. The lowest BCUT2D eigenvalue weighted by Gasteiger charge is -2.38. The summed E-state index contributed by atoms with van der Waals surface area (Å²) in [7, 11) is 0. The molecule has 0 bridgehead atoms. The lowest BCUT2D eigenvalue weighted by Crippen LogP contribution is -2.31.